The number of aryl methyl sites for hydroxylation is 1. The van der Waals surface area contributed by atoms with E-state index in [1.807, 2.05) is 0 Å². The Balaban J connectivity index is 3.26. The molecule has 1 aromatic carbocycles. The number of aromatic hydroxyl groups is 1. The van der Waals surface area contributed by atoms with Crippen molar-refractivity contribution in [1.82, 2.24) is 0 Å². The number of nitro benzene ring substituents is 2. The molecule has 17 heavy (non-hydrogen) atoms. The number of phenols is 1. The van der Waals surface area contributed by atoms with E-state index in [4.69, 9.17) is 0 Å². The van der Waals surface area contributed by atoms with Crippen molar-refractivity contribution < 1.29 is 15.0 Å². The van der Waals surface area contributed by atoms with Gasteiger partial charge in [0.05, 0.1) is 9.85 Å². The number of phenolic OH excluding ortho intramolecular Hbond substituents is 1. The Morgan fingerprint density at radius 1 is 1.18 bits per heavy atom. The molecule has 0 radical (unpaired) electrons. The van der Waals surface area contributed by atoms with E-state index in [-0.39, 0.29) is 0 Å². The molecule has 7 nitrogen and oxygen atoms in total. The zero-order chi connectivity index (χ0) is 13.0. The SMILES string of the molecule is O=[N+]([O-])c1cc(CCCP)cc([N+](=O)[O-])c1O. The Morgan fingerprint density at radius 2 is 1.65 bits per heavy atom. The van der Waals surface area contributed by atoms with Crippen LogP contribution in [0.15, 0.2) is 12.1 Å². The minimum Gasteiger partial charge on any atom is -0.497 e. The summed E-state index contributed by atoms with van der Waals surface area (Å²) in [5.41, 5.74) is -0.778. The van der Waals surface area contributed by atoms with Gasteiger partial charge in [0.2, 0.25) is 0 Å². The van der Waals surface area contributed by atoms with Crippen molar-refractivity contribution in [3.8, 4) is 5.75 Å². The van der Waals surface area contributed by atoms with Crippen LogP contribution in [0.5, 0.6) is 5.75 Å². The van der Waals surface area contributed by atoms with E-state index >= 15 is 0 Å². The maximum Gasteiger partial charge on any atom is 0.318 e. The van der Waals surface area contributed by atoms with Gasteiger partial charge in [-0.1, -0.05) is 0 Å². The first-order valence-corrected chi connectivity index (χ1v) is 5.63. The van der Waals surface area contributed by atoms with Gasteiger partial charge in [0, 0.05) is 12.1 Å². The number of hydrogen-bond donors (Lipinski definition) is 1. The Bertz CT molecular complexity index is 428. The summed E-state index contributed by atoms with van der Waals surface area (Å²) in [6, 6.07) is 2.34. The topological polar surface area (TPSA) is 107 Å². The summed E-state index contributed by atoms with van der Waals surface area (Å²) in [5.74, 6) is -0.894. The van der Waals surface area contributed by atoms with Crippen LogP contribution in [0.3, 0.4) is 0 Å². The van der Waals surface area contributed by atoms with Gasteiger partial charge < -0.3 is 5.11 Å². The Morgan fingerprint density at radius 3 is 2.00 bits per heavy atom. The van der Waals surface area contributed by atoms with Crippen LogP contribution in [0.25, 0.3) is 0 Å². The molecular weight excluding hydrogens is 247 g/mol. The predicted molar refractivity (Wildman–Crippen MR) is 64.3 cm³/mol. The molecule has 1 atom stereocenters. The van der Waals surface area contributed by atoms with E-state index in [1.54, 1.807) is 0 Å². The average molecular weight is 258 g/mol. The number of hydrogen-bond acceptors (Lipinski definition) is 5. The quantitative estimate of drug-likeness (QED) is 0.494. The van der Waals surface area contributed by atoms with E-state index < -0.39 is 27.0 Å². The van der Waals surface area contributed by atoms with Crippen molar-refractivity contribution in [2.24, 2.45) is 0 Å². The standard InChI is InChI=1S/C9H11N2O5P/c12-9-7(10(13)14)4-6(2-1-3-17)5-8(9)11(15)16/h4-5,12H,1-3,17H2. The van der Waals surface area contributed by atoms with Gasteiger partial charge in [0.1, 0.15) is 0 Å². The minimum absolute atomic E-state index is 0.476. The molecule has 0 spiro atoms. The van der Waals surface area contributed by atoms with Crippen LogP contribution in [-0.2, 0) is 6.42 Å². The Kier molecular flexibility index (Phi) is 4.34. The molecule has 0 heterocycles. The van der Waals surface area contributed by atoms with Gasteiger partial charge in [0.15, 0.2) is 0 Å². The fourth-order valence-electron chi connectivity index (χ4n) is 1.39. The van der Waals surface area contributed by atoms with Crippen LogP contribution >= 0.6 is 9.24 Å². The second-order valence-electron chi connectivity index (χ2n) is 3.39. The lowest BCUT2D eigenvalue weighted by Gasteiger charge is -2.02. The lowest BCUT2D eigenvalue weighted by atomic mass is 10.1. The molecule has 0 fully saturated rings. The van der Waals surface area contributed by atoms with E-state index in [2.05, 4.69) is 9.24 Å². The van der Waals surface area contributed by atoms with Gasteiger partial charge in [-0.2, -0.15) is 0 Å². The molecule has 0 aliphatic carbocycles. The molecule has 92 valence electrons. The monoisotopic (exact) mass is 258 g/mol. The molecular formula is C9H11N2O5P. The van der Waals surface area contributed by atoms with Crippen LogP contribution in [0.4, 0.5) is 11.4 Å². The summed E-state index contributed by atoms with van der Waals surface area (Å²) in [4.78, 5) is 19.6. The van der Waals surface area contributed by atoms with Crippen molar-refractivity contribution in [3.05, 3.63) is 37.9 Å². The predicted octanol–water partition coefficient (Wildman–Crippen LogP) is 2.02. The lowest BCUT2D eigenvalue weighted by molar-refractivity contribution is -0.396. The maximum atomic E-state index is 10.6. The van der Waals surface area contributed by atoms with Gasteiger partial charge in [-0.3, -0.25) is 20.2 Å². The van der Waals surface area contributed by atoms with Gasteiger partial charge in [0.25, 0.3) is 5.75 Å². The smallest absolute Gasteiger partial charge is 0.318 e. The third-order valence-corrected chi connectivity index (χ3v) is 2.60. The molecule has 1 rings (SSSR count). The summed E-state index contributed by atoms with van der Waals surface area (Å²) < 4.78 is 0. The zero-order valence-corrected chi connectivity index (χ0v) is 9.98. The van der Waals surface area contributed by atoms with E-state index in [0.29, 0.717) is 12.0 Å². The normalized spacial score (nSPS) is 10.2. The van der Waals surface area contributed by atoms with Crippen LogP contribution in [0.1, 0.15) is 12.0 Å². The van der Waals surface area contributed by atoms with Gasteiger partial charge in [-0.15, -0.1) is 9.24 Å². The number of rotatable bonds is 5. The third kappa shape index (κ3) is 3.10. The highest BCUT2D eigenvalue weighted by molar-refractivity contribution is 7.16. The first-order valence-electron chi connectivity index (χ1n) is 4.82. The molecule has 0 amide bonds. The average Bonchev–Trinajstić information content (AvgIpc) is 2.26. The van der Waals surface area contributed by atoms with Crippen molar-refractivity contribution >= 4 is 20.6 Å². The summed E-state index contributed by atoms with van der Waals surface area (Å²) in [7, 11) is 2.50. The highest BCUT2D eigenvalue weighted by Crippen LogP contribution is 2.36. The third-order valence-electron chi connectivity index (χ3n) is 2.19. The molecule has 8 heteroatoms. The van der Waals surface area contributed by atoms with E-state index in [0.717, 1.165) is 12.6 Å². The van der Waals surface area contributed by atoms with Crippen LogP contribution in [0.2, 0.25) is 0 Å². The molecule has 0 aromatic heterocycles. The van der Waals surface area contributed by atoms with E-state index in [1.165, 1.54) is 12.1 Å². The second kappa shape index (κ2) is 5.54. The first kappa shape index (κ1) is 13.3. The fraction of sp³-hybridized carbons (Fsp3) is 0.333. The molecule has 1 aromatic rings. The summed E-state index contributed by atoms with van der Waals surface area (Å²) in [5, 5.41) is 30.7. The van der Waals surface area contributed by atoms with Crippen molar-refractivity contribution in [3.63, 3.8) is 0 Å². The Hall–Kier alpha value is -1.75. The van der Waals surface area contributed by atoms with E-state index in [9.17, 15) is 25.3 Å². The van der Waals surface area contributed by atoms with Crippen LogP contribution in [-0.4, -0.2) is 21.1 Å². The van der Waals surface area contributed by atoms with Crippen LogP contribution in [0, 0.1) is 20.2 Å². The summed E-state index contributed by atoms with van der Waals surface area (Å²) in [6.07, 6.45) is 2.03. The highest BCUT2D eigenvalue weighted by atomic mass is 31.0. The molecule has 1 N–H and O–H groups in total. The molecule has 0 saturated carbocycles. The number of benzene rings is 1. The minimum atomic E-state index is -0.894. The first-order chi connectivity index (χ1) is 7.97. The number of nitrogens with zero attached hydrogens (tertiary/aromatic N) is 2. The van der Waals surface area contributed by atoms with Gasteiger partial charge in [-0.05, 0) is 24.6 Å². The molecule has 1 unspecified atom stereocenters. The second-order valence-corrected chi connectivity index (χ2v) is 3.97. The fourth-order valence-corrected chi connectivity index (χ4v) is 1.59. The molecule has 0 aliphatic rings. The van der Waals surface area contributed by atoms with Gasteiger partial charge >= 0.3 is 11.4 Å². The van der Waals surface area contributed by atoms with Gasteiger partial charge in [-0.25, -0.2) is 0 Å². The maximum absolute atomic E-state index is 10.6. The van der Waals surface area contributed by atoms with Crippen molar-refractivity contribution in [2.45, 2.75) is 12.8 Å². The largest absolute Gasteiger partial charge is 0.497 e. The molecule has 0 saturated heterocycles. The van der Waals surface area contributed by atoms with Crippen molar-refractivity contribution in [2.75, 3.05) is 6.16 Å². The zero-order valence-electron chi connectivity index (χ0n) is 8.83. The highest BCUT2D eigenvalue weighted by Gasteiger charge is 2.25. The molecule has 0 bridgehead atoms. The van der Waals surface area contributed by atoms with Crippen molar-refractivity contribution in [1.29, 1.82) is 0 Å². The lowest BCUT2D eigenvalue weighted by Crippen LogP contribution is -1.97. The molecule has 0 aliphatic heterocycles. The summed E-state index contributed by atoms with van der Waals surface area (Å²) in [6.45, 7) is 0. The van der Waals surface area contributed by atoms with Crippen LogP contribution < -0.4 is 0 Å². The number of nitro groups is 2. The summed E-state index contributed by atoms with van der Waals surface area (Å²) >= 11 is 0. The Labute approximate surface area is 99.0 Å².